The summed E-state index contributed by atoms with van der Waals surface area (Å²) >= 11 is 0. The zero-order valence-corrected chi connectivity index (χ0v) is 14.3. The minimum absolute atomic E-state index is 0.0356. The van der Waals surface area contributed by atoms with E-state index in [2.05, 4.69) is 15.1 Å². The van der Waals surface area contributed by atoms with Gasteiger partial charge in [-0.25, -0.2) is 0 Å². The van der Waals surface area contributed by atoms with Crippen LogP contribution in [-0.2, 0) is 29.1 Å². The van der Waals surface area contributed by atoms with Crippen molar-refractivity contribution in [2.45, 2.75) is 58.1 Å². The molecule has 0 spiro atoms. The third-order valence-corrected chi connectivity index (χ3v) is 6.91. The molecule has 6 rings (SSSR count). The molecular formula is C19H27N3O2. The fourth-order valence-corrected chi connectivity index (χ4v) is 6.25. The molecule has 0 radical (unpaired) electrons. The first-order valence-corrected chi connectivity index (χ1v) is 9.61. The summed E-state index contributed by atoms with van der Waals surface area (Å²) in [6.07, 6.45) is 10.4. The van der Waals surface area contributed by atoms with E-state index in [-0.39, 0.29) is 5.41 Å². The second kappa shape index (κ2) is 5.58. The van der Waals surface area contributed by atoms with Crippen molar-refractivity contribution in [1.29, 1.82) is 0 Å². The number of amides is 1. The van der Waals surface area contributed by atoms with Crippen LogP contribution >= 0.6 is 0 Å². The van der Waals surface area contributed by atoms with Crippen LogP contribution in [0.5, 0.6) is 0 Å². The van der Waals surface area contributed by atoms with Crippen molar-refractivity contribution < 1.29 is 9.53 Å². The number of hydrogen-bond acceptors (Lipinski definition) is 3. The predicted molar refractivity (Wildman–Crippen MR) is 89.2 cm³/mol. The van der Waals surface area contributed by atoms with Gasteiger partial charge in [-0.3, -0.25) is 9.48 Å². The molecule has 0 unspecified atom stereocenters. The first kappa shape index (κ1) is 14.9. The van der Waals surface area contributed by atoms with E-state index in [0.717, 1.165) is 56.6 Å². The van der Waals surface area contributed by atoms with Crippen LogP contribution in [-0.4, -0.2) is 28.8 Å². The minimum atomic E-state index is -0.0356. The molecule has 130 valence electrons. The highest BCUT2D eigenvalue weighted by Crippen LogP contribution is 2.60. The van der Waals surface area contributed by atoms with Crippen molar-refractivity contribution in [1.82, 2.24) is 15.1 Å². The van der Waals surface area contributed by atoms with Crippen LogP contribution in [0.25, 0.3) is 0 Å². The Labute approximate surface area is 143 Å². The normalized spacial score (nSPS) is 36.6. The maximum atomic E-state index is 13.0. The lowest BCUT2D eigenvalue weighted by molar-refractivity contribution is -0.146. The molecule has 1 aliphatic heterocycles. The quantitative estimate of drug-likeness (QED) is 0.922. The van der Waals surface area contributed by atoms with E-state index < -0.39 is 0 Å². The Bertz CT molecular complexity index is 616. The SMILES string of the molecule is O=C(NCCn1ncc2c1CCOC2)C12CC3CC(CC(C3)C1)C2. The first-order valence-electron chi connectivity index (χ1n) is 9.61. The number of carbonyl (C=O) groups is 1. The summed E-state index contributed by atoms with van der Waals surface area (Å²) in [5.74, 6) is 2.78. The van der Waals surface area contributed by atoms with Gasteiger partial charge in [0, 0.05) is 29.6 Å². The topological polar surface area (TPSA) is 56.2 Å². The summed E-state index contributed by atoms with van der Waals surface area (Å²) in [5.41, 5.74) is 2.45. The number of hydrogen-bond donors (Lipinski definition) is 1. The average Bonchev–Trinajstić information content (AvgIpc) is 2.97. The minimum Gasteiger partial charge on any atom is -0.376 e. The van der Waals surface area contributed by atoms with Gasteiger partial charge in [0.1, 0.15) is 0 Å². The van der Waals surface area contributed by atoms with Crippen molar-refractivity contribution in [3.63, 3.8) is 0 Å². The van der Waals surface area contributed by atoms with Gasteiger partial charge in [-0.05, 0) is 56.3 Å². The molecule has 0 atom stereocenters. The number of fused-ring (bicyclic) bond motifs is 1. The molecule has 0 aromatic carbocycles. The molecule has 5 heteroatoms. The van der Waals surface area contributed by atoms with Gasteiger partial charge in [0.25, 0.3) is 0 Å². The molecule has 4 aliphatic carbocycles. The Morgan fingerprint density at radius 2 is 1.96 bits per heavy atom. The van der Waals surface area contributed by atoms with Gasteiger partial charge >= 0.3 is 0 Å². The van der Waals surface area contributed by atoms with E-state index in [0.29, 0.717) is 19.1 Å². The Balaban J connectivity index is 1.21. The average molecular weight is 329 g/mol. The van der Waals surface area contributed by atoms with Crippen molar-refractivity contribution in [2.24, 2.45) is 23.2 Å². The van der Waals surface area contributed by atoms with Crippen LogP contribution in [0, 0.1) is 23.2 Å². The molecule has 4 bridgehead atoms. The van der Waals surface area contributed by atoms with Crippen molar-refractivity contribution in [2.75, 3.05) is 13.2 Å². The fourth-order valence-electron chi connectivity index (χ4n) is 6.25. The van der Waals surface area contributed by atoms with Gasteiger partial charge < -0.3 is 10.1 Å². The zero-order chi connectivity index (χ0) is 16.1. The van der Waals surface area contributed by atoms with E-state index in [1.54, 1.807) is 0 Å². The fraction of sp³-hybridized carbons (Fsp3) is 0.789. The highest BCUT2D eigenvalue weighted by Gasteiger charge is 2.54. The summed E-state index contributed by atoms with van der Waals surface area (Å²) in [4.78, 5) is 13.0. The smallest absolute Gasteiger partial charge is 0.226 e. The molecule has 2 heterocycles. The molecule has 4 saturated carbocycles. The number of carbonyl (C=O) groups excluding carboxylic acids is 1. The van der Waals surface area contributed by atoms with E-state index in [1.807, 2.05) is 6.20 Å². The lowest BCUT2D eigenvalue weighted by Gasteiger charge is -2.55. The summed E-state index contributed by atoms with van der Waals surface area (Å²) in [6, 6.07) is 0. The van der Waals surface area contributed by atoms with E-state index in [9.17, 15) is 4.79 Å². The van der Waals surface area contributed by atoms with E-state index in [1.165, 1.54) is 30.5 Å². The molecule has 0 saturated heterocycles. The lowest BCUT2D eigenvalue weighted by atomic mass is 9.49. The lowest BCUT2D eigenvalue weighted by Crippen LogP contribution is -2.53. The van der Waals surface area contributed by atoms with E-state index in [4.69, 9.17) is 4.74 Å². The molecule has 5 nitrogen and oxygen atoms in total. The Morgan fingerprint density at radius 1 is 1.25 bits per heavy atom. The maximum Gasteiger partial charge on any atom is 0.226 e. The number of rotatable bonds is 4. The zero-order valence-electron chi connectivity index (χ0n) is 14.3. The number of aromatic nitrogens is 2. The molecule has 1 amide bonds. The van der Waals surface area contributed by atoms with Crippen LogP contribution in [0.15, 0.2) is 6.20 Å². The molecule has 1 N–H and O–H groups in total. The van der Waals surface area contributed by atoms with Crippen LogP contribution in [0.4, 0.5) is 0 Å². The second-order valence-electron chi connectivity index (χ2n) is 8.60. The van der Waals surface area contributed by atoms with Gasteiger partial charge in [0.2, 0.25) is 5.91 Å². The summed E-state index contributed by atoms with van der Waals surface area (Å²) < 4.78 is 7.52. The number of nitrogens with one attached hydrogen (secondary N) is 1. The van der Waals surface area contributed by atoms with Gasteiger partial charge in [0.05, 0.1) is 26.0 Å². The summed E-state index contributed by atoms with van der Waals surface area (Å²) in [6.45, 7) is 2.91. The molecule has 1 aromatic heterocycles. The van der Waals surface area contributed by atoms with Gasteiger partial charge in [-0.1, -0.05) is 0 Å². The third-order valence-electron chi connectivity index (χ3n) is 6.91. The van der Waals surface area contributed by atoms with Gasteiger partial charge in [0.15, 0.2) is 0 Å². The number of nitrogens with zero attached hydrogens (tertiary/aromatic N) is 2. The van der Waals surface area contributed by atoms with Gasteiger partial charge in [-0.2, -0.15) is 5.10 Å². The molecule has 24 heavy (non-hydrogen) atoms. The molecule has 5 aliphatic rings. The van der Waals surface area contributed by atoms with Crippen LogP contribution in [0.3, 0.4) is 0 Å². The number of ether oxygens (including phenoxy) is 1. The van der Waals surface area contributed by atoms with Gasteiger partial charge in [-0.15, -0.1) is 0 Å². The maximum absolute atomic E-state index is 13.0. The summed E-state index contributed by atoms with van der Waals surface area (Å²) in [5, 5.41) is 7.73. The third kappa shape index (κ3) is 2.40. The van der Waals surface area contributed by atoms with Crippen LogP contribution < -0.4 is 5.32 Å². The molecule has 4 fully saturated rings. The van der Waals surface area contributed by atoms with Crippen molar-refractivity contribution in [3.8, 4) is 0 Å². The highest BCUT2D eigenvalue weighted by molar-refractivity contribution is 5.83. The first-order chi connectivity index (χ1) is 11.7. The Kier molecular flexibility index (Phi) is 3.47. The largest absolute Gasteiger partial charge is 0.376 e. The Hall–Kier alpha value is -1.36. The standard InChI is InChI=1S/C19H27N3O2/c23-18(19-8-13-5-14(9-19)7-15(6-13)10-19)20-2-3-22-17-1-4-24-12-16(17)11-21-22/h11,13-15H,1-10,12H2,(H,20,23). The van der Waals surface area contributed by atoms with Crippen LogP contribution in [0.2, 0.25) is 0 Å². The summed E-state index contributed by atoms with van der Waals surface area (Å²) in [7, 11) is 0. The second-order valence-corrected chi connectivity index (χ2v) is 8.60. The predicted octanol–water partition coefficient (Wildman–Crippen LogP) is 2.29. The van der Waals surface area contributed by atoms with Crippen molar-refractivity contribution >= 4 is 5.91 Å². The monoisotopic (exact) mass is 329 g/mol. The van der Waals surface area contributed by atoms with E-state index >= 15 is 0 Å². The van der Waals surface area contributed by atoms with Crippen LogP contribution in [0.1, 0.15) is 49.8 Å². The highest BCUT2D eigenvalue weighted by atomic mass is 16.5. The Morgan fingerprint density at radius 3 is 2.67 bits per heavy atom. The van der Waals surface area contributed by atoms with Crippen molar-refractivity contribution in [3.05, 3.63) is 17.5 Å². The molecule has 1 aromatic rings. The molecular weight excluding hydrogens is 302 g/mol.